The second-order valence-corrected chi connectivity index (χ2v) is 4.90. The number of benzene rings is 1. The van der Waals surface area contributed by atoms with Crippen molar-refractivity contribution in [3.05, 3.63) is 40.2 Å². The van der Waals surface area contributed by atoms with Crippen molar-refractivity contribution in [1.82, 2.24) is 9.97 Å². The van der Waals surface area contributed by atoms with Crippen LogP contribution in [0.5, 0.6) is 0 Å². The summed E-state index contributed by atoms with van der Waals surface area (Å²) in [6.45, 7) is 10.2. The van der Waals surface area contributed by atoms with E-state index in [1.54, 1.807) is 0 Å². The van der Waals surface area contributed by atoms with Gasteiger partial charge in [-0.1, -0.05) is 17.7 Å². The first-order chi connectivity index (χ1) is 8.40. The first kappa shape index (κ1) is 12.6. The van der Waals surface area contributed by atoms with Gasteiger partial charge in [-0.25, -0.2) is 9.97 Å². The molecular weight excluding hydrogens is 222 g/mol. The quantitative estimate of drug-likeness (QED) is 0.833. The zero-order valence-electron chi connectivity index (χ0n) is 11.6. The molecule has 0 aliphatic heterocycles. The van der Waals surface area contributed by atoms with Crippen LogP contribution in [0.4, 0.5) is 5.82 Å². The summed E-state index contributed by atoms with van der Waals surface area (Å²) in [5.74, 6) is 1.28. The molecule has 0 fully saturated rings. The highest BCUT2D eigenvalue weighted by molar-refractivity contribution is 5.73. The molecule has 0 saturated heterocycles. The largest absolute Gasteiger partial charge is 0.383 e. The molecule has 0 aliphatic rings. The van der Waals surface area contributed by atoms with Gasteiger partial charge in [0.05, 0.1) is 5.69 Å². The van der Waals surface area contributed by atoms with Gasteiger partial charge >= 0.3 is 0 Å². The van der Waals surface area contributed by atoms with Gasteiger partial charge in [-0.15, -0.1) is 0 Å². The molecular formula is C15H19N3. The Bertz CT molecular complexity index is 592. The Balaban J connectivity index is 2.77. The van der Waals surface area contributed by atoms with Crippen LogP contribution in [0.2, 0.25) is 0 Å². The Morgan fingerprint density at radius 1 is 0.889 bits per heavy atom. The lowest BCUT2D eigenvalue weighted by Gasteiger charge is -2.14. The first-order valence-corrected chi connectivity index (χ1v) is 6.09. The normalized spacial score (nSPS) is 10.7. The van der Waals surface area contributed by atoms with Gasteiger partial charge in [-0.05, 0) is 45.7 Å². The zero-order chi connectivity index (χ0) is 13.4. The highest BCUT2D eigenvalue weighted by atomic mass is 14.9. The van der Waals surface area contributed by atoms with Crippen LogP contribution in [0.3, 0.4) is 0 Å². The molecule has 3 heteroatoms. The van der Waals surface area contributed by atoms with Crippen LogP contribution in [-0.2, 0) is 0 Å². The highest BCUT2D eigenvalue weighted by Gasteiger charge is 2.13. The van der Waals surface area contributed by atoms with Crippen LogP contribution in [0.1, 0.15) is 28.1 Å². The number of rotatable bonds is 1. The average Bonchev–Trinajstić information content (AvgIpc) is 2.23. The fraction of sp³-hybridized carbons (Fsp3) is 0.333. The second-order valence-electron chi connectivity index (χ2n) is 4.90. The summed E-state index contributed by atoms with van der Waals surface area (Å²) >= 11 is 0. The number of hydrogen-bond donors (Lipinski definition) is 1. The first-order valence-electron chi connectivity index (χ1n) is 6.09. The van der Waals surface area contributed by atoms with Crippen LogP contribution in [0.15, 0.2) is 12.1 Å². The van der Waals surface area contributed by atoms with E-state index in [0.29, 0.717) is 11.6 Å². The monoisotopic (exact) mass is 241 g/mol. The van der Waals surface area contributed by atoms with Gasteiger partial charge in [0.2, 0.25) is 0 Å². The maximum absolute atomic E-state index is 5.94. The topological polar surface area (TPSA) is 51.8 Å². The number of aromatic nitrogens is 2. The van der Waals surface area contributed by atoms with Crippen molar-refractivity contribution in [2.75, 3.05) is 5.73 Å². The van der Waals surface area contributed by atoms with Crippen molar-refractivity contribution in [1.29, 1.82) is 0 Å². The maximum atomic E-state index is 5.94. The van der Waals surface area contributed by atoms with Crippen molar-refractivity contribution in [2.45, 2.75) is 34.6 Å². The standard InChI is InChI=1S/C15H19N3/c1-8-6-9(2)13(10(3)7-8)14-11(4)15(16)18-12(5)17-14/h6-7H,1-5H3,(H2,16,17,18). The van der Waals surface area contributed by atoms with Crippen LogP contribution < -0.4 is 5.73 Å². The van der Waals surface area contributed by atoms with Crippen molar-refractivity contribution < 1.29 is 0 Å². The molecule has 94 valence electrons. The van der Waals surface area contributed by atoms with Gasteiger partial charge < -0.3 is 5.73 Å². The summed E-state index contributed by atoms with van der Waals surface area (Å²) < 4.78 is 0. The van der Waals surface area contributed by atoms with Crippen molar-refractivity contribution in [3.63, 3.8) is 0 Å². The molecule has 0 radical (unpaired) electrons. The van der Waals surface area contributed by atoms with Gasteiger partial charge in [0.1, 0.15) is 11.6 Å². The lowest BCUT2D eigenvalue weighted by molar-refractivity contribution is 1.04. The van der Waals surface area contributed by atoms with Gasteiger partial charge in [0.25, 0.3) is 0 Å². The summed E-state index contributed by atoms with van der Waals surface area (Å²) in [5.41, 5.74) is 12.8. The van der Waals surface area contributed by atoms with E-state index < -0.39 is 0 Å². The minimum atomic E-state index is 0.567. The lowest BCUT2D eigenvalue weighted by atomic mass is 9.95. The summed E-state index contributed by atoms with van der Waals surface area (Å²) in [6.07, 6.45) is 0. The minimum absolute atomic E-state index is 0.567. The third kappa shape index (κ3) is 2.08. The van der Waals surface area contributed by atoms with Gasteiger partial charge in [-0.3, -0.25) is 0 Å². The molecule has 1 aromatic heterocycles. The van der Waals surface area contributed by atoms with Gasteiger partial charge in [-0.2, -0.15) is 0 Å². The van der Waals surface area contributed by atoms with E-state index in [2.05, 4.69) is 42.9 Å². The van der Waals surface area contributed by atoms with Crippen LogP contribution in [0.25, 0.3) is 11.3 Å². The van der Waals surface area contributed by atoms with Crippen molar-refractivity contribution in [3.8, 4) is 11.3 Å². The minimum Gasteiger partial charge on any atom is -0.383 e. The molecule has 0 atom stereocenters. The molecule has 2 N–H and O–H groups in total. The maximum Gasteiger partial charge on any atom is 0.130 e. The van der Waals surface area contributed by atoms with Gasteiger partial charge in [0, 0.05) is 11.1 Å². The Kier molecular flexibility index (Phi) is 3.07. The average molecular weight is 241 g/mol. The fourth-order valence-electron chi connectivity index (χ4n) is 2.45. The van der Waals surface area contributed by atoms with Crippen LogP contribution in [-0.4, -0.2) is 9.97 Å². The second kappa shape index (κ2) is 4.41. The Hall–Kier alpha value is -1.90. The number of anilines is 1. The Labute approximate surface area is 108 Å². The Morgan fingerprint density at radius 3 is 2.00 bits per heavy atom. The summed E-state index contributed by atoms with van der Waals surface area (Å²) in [7, 11) is 0. The molecule has 0 unspecified atom stereocenters. The third-order valence-electron chi connectivity index (χ3n) is 3.21. The third-order valence-corrected chi connectivity index (χ3v) is 3.21. The molecule has 0 spiro atoms. The molecule has 2 rings (SSSR count). The lowest BCUT2D eigenvalue weighted by Crippen LogP contribution is -2.04. The number of nitrogens with two attached hydrogens (primary N) is 1. The number of hydrogen-bond acceptors (Lipinski definition) is 3. The van der Waals surface area contributed by atoms with E-state index in [0.717, 1.165) is 11.3 Å². The number of nitrogens with zero attached hydrogens (tertiary/aromatic N) is 2. The molecule has 0 bridgehead atoms. The van der Waals surface area contributed by atoms with Gasteiger partial charge in [0.15, 0.2) is 0 Å². The van der Waals surface area contributed by atoms with E-state index in [4.69, 9.17) is 5.73 Å². The zero-order valence-corrected chi connectivity index (χ0v) is 11.6. The van der Waals surface area contributed by atoms with Crippen molar-refractivity contribution in [2.24, 2.45) is 0 Å². The molecule has 1 heterocycles. The predicted octanol–water partition coefficient (Wildman–Crippen LogP) is 3.27. The summed E-state index contributed by atoms with van der Waals surface area (Å²) in [6, 6.07) is 4.35. The van der Waals surface area contributed by atoms with E-state index in [-0.39, 0.29) is 0 Å². The fourth-order valence-corrected chi connectivity index (χ4v) is 2.45. The Morgan fingerprint density at radius 2 is 1.44 bits per heavy atom. The van der Waals surface area contributed by atoms with E-state index in [9.17, 15) is 0 Å². The van der Waals surface area contributed by atoms with E-state index in [1.807, 2.05) is 13.8 Å². The van der Waals surface area contributed by atoms with E-state index in [1.165, 1.54) is 22.3 Å². The molecule has 1 aromatic carbocycles. The molecule has 2 aromatic rings. The van der Waals surface area contributed by atoms with Crippen LogP contribution in [0, 0.1) is 34.6 Å². The number of nitrogen functional groups attached to an aromatic ring is 1. The summed E-state index contributed by atoms with van der Waals surface area (Å²) in [5, 5.41) is 0. The SMILES string of the molecule is Cc1cc(C)c(-c2nc(C)nc(N)c2C)c(C)c1. The van der Waals surface area contributed by atoms with Crippen molar-refractivity contribution >= 4 is 5.82 Å². The molecule has 18 heavy (non-hydrogen) atoms. The highest BCUT2D eigenvalue weighted by Crippen LogP contribution is 2.30. The van der Waals surface area contributed by atoms with Crippen LogP contribution >= 0.6 is 0 Å². The predicted molar refractivity (Wildman–Crippen MR) is 75.6 cm³/mol. The smallest absolute Gasteiger partial charge is 0.130 e. The van der Waals surface area contributed by atoms with E-state index >= 15 is 0 Å². The molecule has 0 amide bonds. The molecule has 0 aliphatic carbocycles. The number of aryl methyl sites for hydroxylation is 4. The molecule has 0 saturated carbocycles. The summed E-state index contributed by atoms with van der Waals surface area (Å²) in [4.78, 5) is 8.77. The molecule has 3 nitrogen and oxygen atoms in total.